The van der Waals surface area contributed by atoms with Gasteiger partial charge in [0.05, 0.1) is 37.5 Å². The Kier molecular flexibility index (Phi) is 5.89. The van der Waals surface area contributed by atoms with E-state index in [0.717, 1.165) is 48.9 Å². The van der Waals surface area contributed by atoms with Crippen molar-refractivity contribution < 1.29 is 18.8 Å². The van der Waals surface area contributed by atoms with Crippen LogP contribution in [0.4, 0.5) is 5.69 Å². The molecule has 0 radical (unpaired) electrons. The van der Waals surface area contributed by atoms with Crippen molar-refractivity contribution in [3.8, 4) is 0 Å². The summed E-state index contributed by atoms with van der Waals surface area (Å²) in [5, 5.41) is 3.16. The Balaban J connectivity index is 1.91. The van der Waals surface area contributed by atoms with E-state index in [9.17, 15) is 9.59 Å². The molecule has 1 aliphatic carbocycles. The SMILES string of the molecule is CCOC(=O)c1cccc(C)c1NC(=O)C1([N+]2(CC)CCCCC2)CCC1. The van der Waals surface area contributed by atoms with Crippen molar-refractivity contribution in [3.05, 3.63) is 29.3 Å². The highest BCUT2D eigenvalue weighted by atomic mass is 16.5. The van der Waals surface area contributed by atoms with Gasteiger partial charge < -0.3 is 14.5 Å². The van der Waals surface area contributed by atoms with Crippen molar-refractivity contribution in [3.63, 3.8) is 0 Å². The lowest BCUT2D eigenvalue weighted by Crippen LogP contribution is -2.73. The van der Waals surface area contributed by atoms with Crippen molar-refractivity contribution in [2.45, 2.75) is 64.8 Å². The van der Waals surface area contributed by atoms with Crippen LogP contribution in [0.1, 0.15) is 68.3 Å². The van der Waals surface area contributed by atoms with Gasteiger partial charge in [-0.2, -0.15) is 0 Å². The Morgan fingerprint density at radius 2 is 1.81 bits per heavy atom. The number of benzene rings is 1. The number of hydrogen-bond donors (Lipinski definition) is 1. The minimum Gasteiger partial charge on any atom is -0.462 e. The smallest absolute Gasteiger partial charge is 0.340 e. The number of carbonyl (C=O) groups excluding carboxylic acids is 2. The number of hydrogen-bond acceptors (Lipinski definition) is 3. The lowest BCUT2D eigenvalue weighted by atomic mass is 9.71. The first-order chi connectivity index (χ1) is 13.0. The monoisotopic (exact) mass is 373 g/mol. The Labute approximate surface area is 162 Å². The molecule has 148 valence electrons. The van der Waals surface area contributed by atoms with Crippen LogP contribution >= 0.6 is 0 Å². The molecule has 1 heterocycles. The summed E-state index contributed by atoms with van der Waals surface area (Å²) < 4.78 is 6.10. The fourth-order valence-corrected chi connectivity index (χ4v) is 5.04. The number of likely N-dealkylation sites (N-methyl/N-ethyl adjacent to an activating group) is 1. The van der Waals surface area contributed by atoms with E-state index >= 15 is 0 Å². The van der Waals surface area contributed by atoms with Gasteiger partial charge in [0.25, 0.3) is 5.91 Å². The number of aryl methyl sites for hydroxylation is 1. The van der Waals surface area contributed by atoms with Gasteiger partial charge in [-0.25, -0.2) is 4.79 Å². The number of likely N-dealkylation sites (tertiary alicyclic amines) is 1. The van der Waals surface area contributed by atoms with Gasteiger partial charge in [-0.3, -0.25) is 4.79 Å². The zero-order valence-corrected chi connectivity index (χ0v) is 17.0. The normalized spacial score (nSPS) is 20.4. The van der Waals surface area contributed by atoms with E-state index in [0.29, 0.717) is 17.9 Å². The Morgan fingerprint density at radius 3 is 2.37 bits per heavy atom. The summed E-state index contributed by atoms with van der Waals surface area (Å²) in [5.74, 6) is -0.297. The molecule has 5 heteroatoms. The van der Waals surface area contributed by atoms with E-state index in [2.05, 4.69) is 12.2 Å². The largest absolute Gasteiger partial charge is 0.462 e. The predicted molar refractivity (Wildman–Crippen MR) is 107 cm³/mol. The summed E-state index contributed by atoms with van der Waals surface area (Å²) in [5.41, 5.74) is 1.61. The van der Waals surface area contributed by atoms with Crippen molar-refractivity contribution in [1.82, 2.24) is 0 Å². The third kappa shape index (κ3) is 3.38. The van der Waals surface area contributed by atoms with Crippen molar-refractivity contribution in [2.75, 3.05) is 31.6 Å². The fourth-order valence-electron chi connectivity index (χ4n) is 5.04. The molecule has 0 aromatic heterocycles. The average Bonchev–Trinajstić information content (AvgIpc) is 2.63. The molecular formula is C22H33N2O3+. The third-order valence-electron chi connectivity index (χ3n) is 6.80. The number of anilines is 1. The second-order valence-electron chi connectivity index (χ2n) is 8.03. The van der Waals surface area contributed by atoms with E-state index in [-0.39, 0.29) is 17.4 Å². The topological polar surface area (TPSA) is 55.4 Å². The van der Waals surface area contributed by atoms with E-state index in [1.165, 1.54) is 19.3 Å². The van der Waals surface area contributed by atoms with E-state index in [1.807, 2.05) is 19.1 Å². The summed E-state index contributed by atoms with van der Waals surface area (Å²) in [4.78, 5) is 26.0. The summed E-state index contributed by atoms with van der Waals surface area (Å²) in [6.07, 6.45) is 6.64. The van der Waals surface area contributed by atoms with Crippen LogP contribution in [-0.4, -0.2) is 48.1 Å². The van der Waals surface area contributed by atoms with Crippen molar-refractivity contribution >= 4 is 17.6 Å². The molecule has 5 nitrogen and oxygen atoms in total. The number of amides is 1. The van der Waals surface area contributed by atoms with Crippen molar-refractivity contribution in [1.29, 1.82) is 0 Å². The molecule has 1 aliphatic heterocycles. The van der Waals surface area contributed by atoms with Crippen LogP contribution in [0.5, 0.6) is 0 Å². The zero-order valence-electron chi connectivity index (χ0n) is 17.0. The first kappa shape index (κ1) is 19.9. The van der Waals surface area contributed by atoms with Gasteiger partial charge in [0.15, 0.2) is 5.54 Å². The molecule has 0 atom stereocenters. The molecule has 0 bridgehead atoms. The fraction of sp³-hybridized carbons (Fsp3) is 0.636. The molecule has 2 aliphatic rings. The van der Waals surface area contributed by atoms with Gasteiger partial charge in [-0.15, -0.1) is 0 Å². The number of nitrogens with zero attached hydrogens (tertiary/aromatic N) is 1. The number of esters is 1. The Bertz CT molecular complexity index is 704. The van der Waals surface area contributed by atoms with Crippen molar-refractivity contribution in [2.24, 2.45) is 0 Å². The van der Waals surface area contributed by atoms with Crippen LogP contribution < -0.4 is 5.32 Å². The molecule has 27 heavy (non-hydrogen) atoms. The third-order valence-corrected chi connectivity index (χ3v) is 6.80. The predicted octanol–water partition coefficient (Wildman–Crippen LogP) is 4.05. The number of rotatable bonds is 6. The molecule has 1 saturated heterocycles. The van der Waals surface area contributed by atoms with Gasteiger partial charge in [-0.05, 0) is 58.1 Å². The second-order valence-corrected chi connectivity index (χ2v) is 8.03. The number of carbonyl (C=O) groups is 2. The lowest BCUT2D eigenvalue weighted by Gasteiger charge is -2.57. The number of ether oxygens (including phenoxy) is 1. The molecular weight excluding hydrogens is 340 g/mol. The van der Waals surface area contributed by atoms with E-state index in [4.69, 9.17) is 4.74 Å². The molecule has 3 rings (SSSR count). The van der Waals surface area contributed by atoms with Gasteiger partial charge in [0.2, 0.25) is 0 Å². The maximum Gasteiger partial charge on any atom is 0.340 e. The van der Waals surface area contributed by atoms with Crippen LogP contribution in [0, 0.1) is 6.92 Å². The minimum absolute atomic E-state index is 0.0809. The second kappa shape index (κ2) is 8.01. The first-order valence-electron chi connectivity index (χ1n) is 10.4. The number of nitrogens with one attached hydrogen (secondary N) is 1. The van der Waals surface area contributed by atoms with Crippen LogP contribution in [-0.2, 0) is 9.53 Å². The Morgan fingerprint density at radius 1 is 1.11 bits per heavy atom. The number of para-hydroxylation sites is 1. The zero-order chi connectivity index (χ0) is 19.5. The minimum atomic E-state index is -0.378. The highest BCUT2D eigenvalue weighted by Crippen LogP contribution is 2.46. The average molecular weight is 374 g/mol. The summed E-state index contributed by atoms with van der Waals surface area (Å²) in [6.45, 7) is 9.42. The quantitative estimate of drug-likeness (QED) is 0.604. The number of quaternary nitrogens is 1. The Hall–Kier alpha value is -1.88. The van der Waals surface area contributed by atoms with Crippen LogP contribution in [0.15, 0.2) is 18.2 Å². The molecule has 1 amide bonds. The van der Waals surface area contributed by atoms with Gasteiger partial charge >= 0.3 is 5.97 Å². The van der Waals surface area contributed by atoms with Crippen LogP contribution in [0.2, 0.25) is 0 Å². The van der Waals surface area contributed by atoms with Gasteiger partial charge in [0.1, 0.15) is 0 Å². The summed E-state index contributed by atoms with van der Waals surface area (Å²) in [6, 6.07) is 5.50. The number of piperidine rings is 1. The first-order valence-corrected chi connectivity index (χ1v) is 10.4. The molecule has 1 N–H and O–H groups in total. The summed E-state index contributed by atoms with van der Waals surface area (Å²) in [7, 11) is 0. The highest BCUT2D eigenvalue weighted by Gasteiger charge is 2.59. The van der Waals surface area contributed by atoms with Gasteiger partial charge in [-0.1, -0.05) is 12.1 Å². The van der Waals surface area contributed by atoms with Crippen LogP contribution in [0.3, 0.4) is 0 Å². The lowest BCUT2D eigenvalue weighted by molar-refractivity contribution is -0.974. The molecule has 1 saturated carbocycles. The summed E-state index contributed by atoms with van der Waals surface area (Å²) >= 11 is 0. The van der Waals surface area contributed by atoms with Gasteiger partial charge in [0, 0.05) is 12.8 Å². The van der Waals surface area contributed by atoms with E-state index in [1.54, 1.807) is 13.0 Å². The molecule has 0 spiro atoms. The molecule has 2 fully saturated rings. The molecule has 0 unspecified atom stereocenters. The maximum atomic E-state index is 13.6. The van der Waals surface area contributed by atoms with E-state index < -0.39 is 0 Å². The molecule has 1 aromatic rings. The highest BCUT2D eigenvalue weighted by molar-refractivity contribution is 6.05. The maximum absolute atomic E-state index is 13.6. The molecule has 1 aromatic carbocycles. The van der Waals surface area contributed by atoms with Crippen LogP contribution in [0.25, 0.3) is 0 Å². The standard InChI is InChI=1S/C22H32N2O3/c1-4-24(15-7-6-8-16-24)22(13-10-14-22)21(26)23-19-17(3)11-9-12-18(19)20(25)27-5-2/h9,11-12H,4-8,10,13-16H2,1-3H3/p+1.